The molecule has 4 atom stereocenters. The summed E-state index contributed by atoms with van der Waals surface area (Å²) in [5.41, 5.74) is -1.19. The standard InChI is InChI=1S/C24H19BrClNO3/c25-16-8-6-15(7-9-16)24-19(14-4-2-1-3-5-14)22(10-11-22)21(28)23(24,29)20-18(30-24)12-17(26)13-27-20/h1-9,12-13,19,21,28-29H,10-11H2/t19-,21-,23+,24+/m1/s1. The number of aliphatic hydroxyl groups excluding tert-OH is 1. The van der Waals surface area contributed by atoms with Crippen molar-refractivity contribution in [3.05, 3.63) is 93.2 Å². The zero-order valence-corrected chi connectivity index (χ0v) is 18.3. The Morgan fingerprint density at radius 1 is 1.07 bits per heavy atom. The number of rotatable bonds is 2. The third-order valence-electron chi connectivity index (χ3n) is 7.17. The van der Waals surface area contributed by atoms with Crippen LogP contribution in [-0.4, -0.2) is 21.3 Å². The predicted octanol–water partition coefficient (Wildman–Crippen LogP) is 4.91. The minimum Gasteiger partial charge on any atom is -0.476 e. The Labute approximate surface area is 187 Å². The highest BCUT2D eigenvalue weighted by Gasteiger charge is 2.84. The van der Waals surface area contributed by atoms with Crippen molar-refractivity contribution in [3.63, 3.8) is 0 Å². The van der Waals surface area contributed by atoms with Crippen molar-refractivity contribution in [2.24, 2.45) is 5.41 Å². The van der Waals surface area contributed by atoms with Crippen molar-refractivity contribution in [2.75, 3.05) is 0 Å². The first-order valence-electron chi connectivity index (χ1n) is 10.00. The van der Waals surface area contributed by atoms with E-state index < -0.39 is 22.7 Å². The summed E-state index contributed by atoms with van der Waals surface area (Å²) in [5, 5.41) is 24.4. The van der Waals surface area contributed by atoms with Crippen LogP contribution in [0.5, 0.6) is 5.75 Å². The first-order chi connectivity index (χ1) is 14.4. The van der Waals surface area contributed by atoms with Gasteiger partial charge in [0, 0.05) is 28.1 Å². The Bertz CT molecular complexity index is 1150. The van der Waals surface area contributed by atoms with Crippen LogP contribution in [0.25, 0.3) is 0 Å². The Morgan fingerprint density at radius 2 is 1.77 bits per heavy atom. The second-order valence-electron chi connectivity index (χ2n) is 8.59. The molecular formula is C24H19BrClNO3. The van der Waals surface area contributed by atoms with Crippen molar-refractivity contribution in [1.29, 1.82) is 0 Å². The lowest BCUT2D eigenvalue weighted by Gasteiger charge is -2.40. The first-order valence-corrected chi connectivity index (χ1v) is 11.2. The monoisotopic (exact) mass is 483 g/mol. The SMILES string of the molecule is O[C@@H]1C2(CC2)[C@@H](c2ccccc2)[C@]2(c3ccc(Br)cc3)Oc3cc(Cl)cnc3[C@]12O. The summed E-state index contributed by atoms with van der Waals surface area (Å²) in [7, 11) is 0. The molecule has 2 aromatic carbocycles. The van der Waals surface area contributed by atoms with E-state index >= 15 is 0 Å². The van der Waals surface area contributed by atoms with Crippen LogP contribution >= 0.6 is 27.5 Å². The summed E-state index contributed by atoms with van der Waals surface area (Å²) >= 11 is 9.70. The minimum atomic E-state index is -1.70. The first kappa shape index (κ1) is 18.8. The zero-order valence-electron chi connectivity index (χ0n) is 15.9. The van der Waals surface area contributed by atoms with Gasteiger partial charge in [0.2, 0.25) is 0 Å². The van der Waals surface area contributed by atoms with Gasteiger partial charge in [-0.3, -0.25) is 4.98 Å². The van der Waals surface area contributed by atoms with Gasteiger partial charge in [-0.15, -0.1) is 0 Å². The Morgan fingerprint density at radius 3 is 2.43 bits per heavy atom. The number of hydrogen-bond acceptors (Lipinski definition) is 4. The van der Waals surface area contributed by atoms with Gasteiger partial charge in [-0.25, -0.2) is 0 Å². The van der Waals surface area contributed by atoms with Gasteiger partial charge in [0.25, 0.3) is 0 Å². The highest BCUT2D eigenvalue weighted by molar-refractivity contribution is 9.10. The Kier molecular flexibility index (Phi) is 3.81. The van der Waals surface area contributed by atoms with E-state index in [4.69, 9.17) is 16.3 Å². The molecule has 152 valence electrons. The summed E-state index contributed by atoms with van der Waals surface area (Å²) in [6, 6.07) is 19.5. The zero-order chi connectivity index (χ0) is 20.7. The van der Waals surface area contributed by atoms with Crippen LogP contribution in [0.4, 0.5) is 0 Å². The van der Waals surface area contributed by atoms with Gasteiger partial charge in [0.05, 0.1) is 11.1 Å². The van der Waals surface area contributed by atoms with Gasteiger partial charge in [-0.2, -0.15) is 0 Å². The summed E-state index contributed by atoms with van der Waals surface area (Å²) in [6.07, 6.45) is 2.12. The minimum absolute atomic E-state index is 0.250. The smallest absolute Gasteiger partial charge is 0.181 e. The largest absolute Gasteiger partial charge is 0.476 e. The molecule has 0 saturated heterocycles. The van der Waals surface area contributed by atoms with Crippen LogP contribution in [0.1, 0.15) is 35.6 Å². The lowest BCUT2D eigenvalue weighted by atomic mass is 9.71. The molecule has 0 amide bonds. The number of nitrogens with zero attached hydrogens (tertiary/aromatic N) is 1. The van der Waals surface area contributed by atoms with Gasteiger partial charge in [-0.05, 0) is 36.1 Å². The Hall–Kier alpha value is -1.92. The fraction of sp³-hybridized carbons (Fsp3) is 0.292. The average molecular weight is 485 g/mol. The lowest BCUT2D eigenvalue weighted by Crippen LogP contribution is -2.52. The third kappa shape index (κ3) is 2.11. The fourth-order valence-electron chi connectivity index (χ4n) is 5.86. The van der Waals surface area contributed by atoms with E-state index in [1.165, 1.54) is 6.20 Å². The maximum atomic E-state index is 12.3. The maximum Gasteiger partial charge on any atom is 0.181 e. The van der Waals surface area contributed by atoms with Gasteiger partial charge in [0.1, 0.15) is 11.4 Å². The Balaban J connectivity index is 1.70. The predicted molar refractivity (Wildman–Crippen MR) is 116 cm³/mol. The highest BCUT2D eigenvalue weighted by atomic mass is 79.9. The van der Waals surface area contributed by atoms with Crippen LogP contribution in [0, 0.1) is 5.41 Å². The molecule has 3 aliphatic rings. The molecule has 0 bridgehead atoms. The molecule has 3 aromatic rings. The maximum absolute atomic E-state index is 12.3. The van der Waals surface area contributed by atoms with Crippen molar-refractivity contribution >= 4 is 27.5 Å². The van der Waals surface area contributed by atoms with Crippen molar-refractivity contribution < 1.29 is 14.9 Å². The molecule has 2 saturated carbocycles. The molecule has 30 heavy (non-hydrogen) atoms. The van der Waals surface area contributed by atoms with Crippen molar-refractivity contribution in [2.45, 2.75) is 36.1 Å². The number of benzene rings is 2. The van der Waals surface area contributed by atoms with E-state index in [2.05, 4.69) is 33.0 Å². The van der Waals surface area contributed by atoms with Gasteiger partial charge >= 0.3 is 0 Å². The summed E-state index contributed by atoms with van der Waals surface area (Å²) < 4.78 is 7.60. The molecule has 2 N–H and O–H groups in total. The van der Waals surface area contributed by atoms with Crippen molar-refractivity contribution in [3.8, 4) is 5.75 Å². The molecule has 2 heterocycles. The van der Waals surface area contributed by atoms with E-state index in [1.807, 2.05) is 42.5 Å². The molecule has 2 aliphatic carbocycles. The summed E-state index contributed by atoms with van der Waals surface area (Å²) in [4.78, 5) is 4.46. The van der Waals surface area contributed by atoms with E-state index in [0.717, 1.165) is 28.4 Å². The number of aromatic nitrogens is 1. The van der Waals surface area contributed by atoms with E-state index in [0.29, 0.717) is 16.5 Å². The number of hydrogen-bond donors (Lipinski definition) is 2. The van der Waals surface area contributed by atoms with Crippen molar-refractivity contribution in [1.82, 2.24) is 4.98 Å². The molecule has 1 aliphatic heterocycles. The number of halogens is 2. The number of pyridine rings is 1. The number of ether oxygens (including phenoxy) is 1. The molecule has 4 nitrogen and oxygen atoms in total. The molecule has 6 rings (SSSR count). The van der Waals surface area contributed by atoms with Crippen LogP contribution in [-0.2, 0) is 11.2 Å². The number of aliphatic hydroxyl groups is 2. The summed E-state index contributed by atoms with van der Waals surface area (Å²) in [5.74, 6) is 0.170. The van der Waals surface area contributed by atoms with Gasteiger partial charge in [-0.1, -0.05) is 70.0 Å². The van der Waals surface area contributed by atoms with Crippen LogP contribution in [0.2, 0.25) is 5.02 Å². The van der Waals surface area contributed by atoms with E-state index in [-0.39, 0.29) is 5.92 Å². The van der Waals surface area contributed by atoms with E-state index in [1.54, 1.807) is 6.07 Å². The molecule has 2 fully saturated rings. The van der Waals surface area contributed by atoms with Gasteiger partial charge in [0.15, 0.2) is 11.2 Å². The van der Waals surface area contributed by atoms with Gasteiger partial charge < -0.3 is 14.9 Å². The molecule has 6 heteroatoms. The lowest BCUT2D eigenvalue weighted by molar-refractivity contribution is -0.154. The number of fused-ring (bicyclic) bond motifs is 3. The molecule has 0 unspecified atom stereocenters. The second kappa shape index (κ2) is 6.07. The molecule has 1 aromatic heterocycles. The average Bonchev–Trinajstić information content (AvgIpc) is 3.47. The van der Waals surface area contributed by atoms with Crippen LogP contribution in [0.15, 0.2) is 71.3 Å². The van der Waals surface area contributed by atoms with Crippen LogP contribution < -0.4 is 4.74 Å². The quantitative estimate of drug-likeness (QED) is 0.542. The van der Waals surface area contributed by atoms with E-state index in [9.17, 15) is 10.2 Å². The molecular weight excluding hydrogens is 466 g/mol. The topological polar surface area (TPSA) is 62.6 Å². The van der Waals surface area contributed by atoms with Crippen LogP contribution in [0.3, 0.4) is 0 Å². The highest BCUT2D eigenvalue weighted by Crippen LogP contribution is 2.78. The molecule has 1 spiro atoms. The normalized spacial score (nSPS) is 32.5. The summed E-state index contributed by atoms with van der Waals surface area (Å²) in [6.45, 7) is 0. The third-order valence-corrected chi connectivity index (χ3v) is 7.91. The molecule has 0 radical (unpaired) electrons. The fourth-order valence-corrected chi connectivity index (χ4v) is 6.28. The second-order valence-corrected chi connectivity index (χ2v) is 9.94.